The lowest BCUT2D eigenvalue weighted by Crippen LogP contribution is -2.32. The van der Waals surface area contributed by atoms with Crippen LogP contribution in [0.4, 0.5) is 4.39 Å². The van der Waals surface area contributed by atoms with Gasteiger partial charge in [0.2, 0.25) is 0 Å². The van der Waals surface area contributed by atoms with Gasteiger partial charge >= 0.3 is 0 Å². The Kier molecular flexibility index (Phi) is 6.16. The zero-order valence-corrected chi connectivity index (χ0v) is 14.8. The average Bonchev–Trinajstić information content (AvgIpc) is 2.63. The van der Waals surface area contributed by atoms with E-state index in [4.69, 9.17) is 26.3 Å². The molecule has 1 aromatic carbocycles. The molecular weight excluding hydrogens is 345 g/mol. The van der Waals surface area contributed by atoms with E-state index in [2.05, 4.69) is 6.07 Å². The van der Waals surface area contributed by atoms with Gasteiger partial charge in [0.15, 0.2) is 0 Å². The Morgan fingerprint density at radius 2 is 2.04 bits per heavy atom. The van der Waals surface area contributed by atoms with Gasteiger partial charge in [0, 0.05) is 18.8 Å². The highest BCUT2D eigenvalue weighted by atomic mass is 35.5. The molecule has 1 saturated carbocycles. The first-order valence-corrected chi connectivity index (χ1v) is 9.22. The normalized spacial score (nSPS) is 32.8. The average molecular weight is 368 g/mol. The Hall–Kier alpha value is -1.35. The molecule has 0 spiro atoms. The summed E-state index contributed by atoms with van der Waals surface area (Å²) in [6.07, 6.45) is 2.66. The van der Waals surface area contributed by atoms with Crippen LogP contribution in [0.15, 0.2) is 18.2 Å². The van der Waals surface area contributed by atoms with Crippen LogP contribution in [0, 0.1) is 17.2 Å². The summed E-state index contributed by atoms with van der Waals surface area (Å²) in [5, 5.41) is 19.4. The summed E-state index contributed by atoms with van der Waals surface area (Å²) in [4.78, 5) is 0. The maximum absolute atomic E-state index is 12.9. The molecule has 1 aliphatic heterocycles. The van der Waals surface area contributed by atoms with Crippen molar-refractivity contribution in [3.63, 3.8) is 0 Å². The van der Waals surface area contributed by atoms with Crippen LogP contribution in [0.5, 0.6) is 5.75 Å². The molecule has 4 nitrogen and oxygen atoms in total. The van der Waals surface area contributed by atoms with Crippen molar-refractivity contribution >= 4 is 11.6 Å². The molecule has 1 heterocycles. The van der Waals surface area contributed by atoms with Gasteiger partial charge in [-0.3, -0.25) is 0 Å². The first-order valence-electron chi connectivity index (χ1n) is 8.84. The summed E-state index contributed by atoms with van der Waals surface area (Å²) in [7, 11) is 0. The van der Waals surface area contributed by atoms with Crippen molar-refractivity contribution in [1.82, 2.24) is 0 Å². The van der Waals surface area contributed by atoms with Crippen LogP contribution in [-0.2, 0) is 4.74 Å². The Balaban J connectivity index is 1.69. The number of benzene rings is 1. The molecule has 25 heavy (non-hydrogen) atoms. The Bertz CT molecular complexity index is 628. The van der Waals surface area contributed by atoms with Crippen molar-refractivity contribution in [3.8, 4) is 11.8 Å². The fraction of sp³-hybridized carbons (Fsp3) is 0.632. The minimum absolute atomic E-state index is 0.0498. The van der Waals surface area contributed by atoms with E-state index in [-0.39, 0.29) is 18.1 Å². The summed E-state index contributed by atoms with van der Waals surface area (Å²) in [5.74, 6) is 0.705. The molecule has 1 aliphatic carbocycles. The summed E-state index contributed by atoms with van der Waals surface area (Å²) in [6.45, 7) is -0.605. The van der Waals surface area contributed by atoms with Crippen molar-refractivity contribution in [2.45, 2.75) is 62.9 Å². The van der Waals surface area contributed by atoms with Gasteiger partial charge in [-0.05, 0) is 43.4 Å². The number of hydrogen-bond donors (Lipinski definition) is 1. The molecule has 3 rings (SSSR count). The Morgan fingerprint density at radius 3 is 2.72 bits per heavy atom. The van der Waals surface area contributed by atoms with Crippen molar-refractivity contribution in [2.75, 3.05) is 6.67 Å². The first-order chi connectivity index (χ1) is 12.1. The van der Waals surface area contributed by atoms with Crippen molar-refractivity contribution in [1.29, 1.82) is 5.26 Å². The molecule has 136 valence electrons. The summed E-state index contributed by atoms with van der Waals surface area (Å²) < 4.78 is 24.7. The second-order valence-corrected chi connectivity index (χ2v) is 7.34. The predicted molar refractivity (Wildman–Crippen MR) is 92.3 cm³/mol. The maximum Gasteiger partial charge on any atom is 0.138 e. The quantitative estimate of drug-likeness (QED) is 0.859. The van der Waals surface area contributed by atoms with E-state index in [1.807, 2.05) is 12.1 Å². The second-order valence-electron chi connectivity index (χ2n) is 6.94. The lowest BCUT2D eigenvalue weighted by molar-refractivity contribution is -0.104. The predicted octanol–water partition coefficient (Wildman–Crippen LogP) is 4.35. The number of nitriles is 1. The molecule has 6 heteroatoms. The van der Waals surface area contributed by atoms with Gasteiger partial charge in [0.1, 0.15) is 12.4 Å². The van der Waals surface area contributed by atoms with E-state index in [0.29, 0.717) is 23.6 Å². The third-order valence-corrected chi connectivity index (χ3v) is 5.34. The number of hydrogen-bond acceptors (Lipinski definition) is 4. The first kappa shape index (κ1) is 18.4. The zero-order chi connectivity index (χ0) is 17.8. The van der Waals surface area contributed by atoms with E-state index in [1.165, 1.54) is 0 Å². The van der Waals surface area contributed by atoms with Crippen LogP contribution in [0.3, 0.4) is 0 Å². The molecule has 3 atom stereocenters. The highest BCUT2D eigenvalue weighted by molar-refractivity contribution is 6.32. The van der Waals surface area contributed by atoms with Crippen LogP contribution >= 0.6 is 11.6 Å². The van der Waals surface area contributed by atoms with Gasteiger partial charge in [0.05, 0.1) is 35.5 Å². The van der Waals surface area contributed by atoms with E-state index < -0.39 is 18.9 Å². The largest absolute Gasteiger partial charge is 0.489 e. The van der Waals surface area contributed by atoms with Gasteiger partial charge in [-0.2, -0.15) is 5.26 Å². The molecule has 2 fully saturated rings. The Morgan fingerprint density at radius 1 is 1.28 bits per heavy atom. The van der Waals surface area contributed by atoms with E-state index in [0.717, 1.165) is 31.2 Å². The monoisotopic (exact) mass is 367 g/mol. The van der Waals surface area contributed by atoms with E-state index in [1.54, 1.807) is 6.07 Å². The van der Waals surface area contributed by atoms with Crippen LogP contribution in [0.1, 0.15) is 50.2 Å². The van der Waals surface area contributed by atoms with Crippen LogP contribution in [0.2, 0.25) is 5.02 Å². The topological polar surface area (TPSA) is 62.5 Å². The number of nitrogens with zero attached hydrogens (tertiary/aromatic N) is 1. The molecule has 0 amide bonds. The van der Waals surface area contributed by atoms with Crippen LogP contribution in [-0.4, -0.2) is 30.1 Å². The smallest absolute Gasteiger partial charge is 0.138 e. The maximum atomic E-state index is 12.9. The number of aliphatic hydroxyl groups is 1. The molecule has 1 saturated heterocycles. The highest BCUT2D eigenvalue weighted by Crippen LogP contribution is 2.37. The SMILES string of the molecule is N#CC1CCC(Oc2cc(C3CC(O)CC(CF)O3)ccc2Cl)CC1. The van der Waals surface area contributed by atoms with E-state index in [9.17, 15) is 9.50 Å². The third kappa shape index (κ3) is 4.63. The fourth-order valence-electron chi connectivity index (χ4n) is 3.60. The van der Waals surface area contributed by atoms with E-state index >= 15 is 0 Å². The molecule has 0 bridgehead atoms. The lowest BCUT2D eigenvalue weighted by atomic mass is 9.88. The number of rotatable bonds is 4. The molecule has 3 unspecified atom stereocenters. The molecule has 1 N–H and O–H groups in total. The minimum Gasteiger partial charge on any atom is -0.489 e. The van der Waals surface area contributed by atoms with Gasteiger partial charge < -0.3 is 14.6 Å². The van der Waals surface area contributed by atoms with Crippen molar-refractivity contribution in [2.24, 2.45) is 5.92 Å². The van der Waals surface area contributed by atoms with Crippen molar-refractivity contribution in [3.05, 3.63) is 28.8 Å². The molecule has 1 aromatic rings. The van der Waals surface area contributed by atoms with Gasteiger partial charge in [-0.15, -0.1) is 0 Å². The van der Waals surface area contributed by atoms with Gasteiger partial charge in [-0.1, -0.05) is 17.7 Å². The highest BCUT2D eigenvalue weighted by Gasteiger charge is 2.30. The standard InChI is InChI=1S/C19H23ClFNO3/c20-17-6-3-13(18-9-14(23)8-16(10-21)25-18)7-19(17)24-15-4-1-12(11-22)2-5-15/h3,6-7,12,14-16,18,23H,1-2,4-5,8-10H2. The molecular formula is C19H23ClFNO3. The Labute approximate surface area is 152 Å². The van der Waals surface area contributed by atoms with Crippen molar-refractivity contribution < 1.29 is 19.0 Å². The number of halogens is 2. The summed E-state index contributed by atoms with van der Waals surface area (Å²) >= 11 is 6.27. The van der Waals surface area contributed by atoms with Gasteiger partial charge in [-0.25, -0.2) is 4.39 Å². The van der Waals surface area contributed by atoms with Crippen LogP contribution in [0.25, 0.3) is 0 Å². The number of ether oxygens (including phenoxy) is 2. The lowest BCUT2D eigenvalue weighted by Gasteiger charge is -2.32. The fourth-order valence-corrected chi connectivity index (χ4v) is 3.77. The minimum atomic E-state index is -0.605. The zero-order valence-electron chi connectivity index (χ0n) is 14.0. The second kappa shape index (κ2) is 8.35. The molecule has 0 radical (unpaired) electrons. The molecule has 2 aliphatic rings. The summed E-state index contributed by atoms with van der Waals surface area (Å²) in [5.41, 5.74) is 0.835. The molecule has 0 aromatic heterocycles. The van der Waals surface area contributed by atoms with Gasteiger partial charge in [0.25, 0.3) is 0 Å². The third-order valence-electron chi connectivity index (χ3n) is 5.03. The van der Waals surface area contributed by atoms with Crippen LogP contribution < -0.4 is 4.74 Å². The number of alkyl halides is 1. The summed E-state index contributed by atoms with van der Waals surface area (Å²) in [6, 6.07) is 7.73. The number of aliphatic hydroxyl groups excluding tert-OH is 1.